The predicted octanol–water partition coefficient (Wildman–Crippen LogP) is 3.09. The van der Waals surface area contributed by atoms with E-state index < -0.39 is 5.60 Å². The Bertz CT molecular complexity index is 1030. The first-order valence-corrected chi connectivity index (χ1v) is 12.6. The molecule has 1 aliphatic heterocycles. The lowest BCUT2D eigenvalue weighted by atomic mass is 9.52. The van der Waals surface area contributed by atoms with E-state index in [1.165, 1.54) is 5.69 Å². The number of ether oxygens (including phenoxy) is 1. The number of carbonyl (C=O) groups is 1. The highest BCUT2D eigenvalue weighted by Gasteiger charge is 2.55. The Morgan fingerprint density at radius 3 is 2.32 bits per heavy atom. The first kappa shape index (κ1) is 21.7. The van der Waals surface area contributed by atoms with Crippen LogP contribution in [0.2, 0.25) is 0 Å². The maximum Gasteiger partial charge on any atom is 0.270 e. The van der Waals surface area contributed by atoms with E-state index in [-0.39, 0.29) is 11.9 Å². The van der Waals surface area contributed by atoms with Crippen LogP contribution in [0.25, 0.3) is 0 Å². The topological polar surface area (TPSA) is 77.9 Å². The number of amides is 1. The van der Waals surface area contributed by atoms with Crippen LogP contribution < -0.4 is 19.9 Å². The molecule has 1 aromatic carbocycles. The number of hydrogen-bond acceptors (Lipinski definition) is 6. The van der Waals surface area contributed by atoms with E-state index in [4.69, 9.17) is 9.72 Å². The van der Waals surface area contributed by atoms with E-state index in [1.807, 2.05) is 30.3 Å². The highest BCUT2D eigenvalue weighted by atomic mass is 16.5. The van der Waals surface area contributed by atoms with Crippen LogP contribution in [0.5, 0.6) is 5.75 Å². The van der Waals surface area contributed by atoms with Crippen molar-refractivity contribution in [3.8, 4) is 5.75 Å². The molecular formula is C27H34N4O3. The molecule has 0 spiro atoms. The van der Waals surface area contributed by atoms with Gasteiger partial charge >= 0.3 is 0 Å². The van der Waals surface area contributed by atoms with Crippen molar-refractivity contribution in [3.63, 3.8) is 0 Å². The smallest absolute Gasteiger partial charge is 0.270 e. The Morgan fingerprint density at radius 1 is 1.00 bits per heavy atom. The molecule has 7 rings (SSSR count). The zero-order valence-corrected chi connectivity index (χ0v) is 19.8. The fourth-order valence-electron chi connectivity index (χ4n) is 7.16. The first-order valence-electron chi connectivity index (χ1n) is 12.6. The molecule has 7 heteroatoms. The Balaban J connectivity index is 1.09. The molecule has 4 saturated carbocycles. The van der Waals surface area contributed by atoms with Gasteiger partial charge in [0.2, 0.25) is 0 Å². The Kier molecular flexibility index (Phi) is 5.40. The monoisotopic (exact) mass is 462 g/mol. The van der Waals surface area contributed by atoms with Crippen molar-refractivity contribution in [2.24, 2.45) is 17.8 Å². The Morgan fingerprint density at radius 2 is 1.68 bits per heavy atom. The van der Waals surface area contributed by atoms with Crippen LogP contribution in [0, 0.1) is 17.8 Å². The number of hydrogen-bond donors (Lipinski definition) is 2. The van der Waals surface area contributed by atoms with Crippen molar-refractivity contribution in [2.45, 2.75) is 43.7 Å². The lowest BCUT2D eigenvalue weighted by Crippen LogP contribution is -2.61. The lowest BCUT2D eigenvalue weighted by molar-refractivity contribution is -0.136. The molecular weight excluding hydrogens is 428 g/mol. The molecule has 5 aliphatic rings. The van der Waals surface area contributed by atoms with Gasteiger partial charge in [-0.2, -0.15) is 0 Å². The number of carbonyl (C=O) groups excluding carboxylic acids is 1. The standard InChI is InChI=1S/C27H34N4O3/c1-34-22-7-5-21(6-8-22)30-9-11-31(12-10-30)24-4-2-3-23(28-24)26(32)29-25-19-13-18-14-20(25)17-27(33,15-18)16-19/h2-8,18-20,25,33H,9-17H2,1H3,(H,29,32). The summed E-state index contributed by atoms with van der Waals surface area (Å²) in [5.41, 5.74) is 1.20. The van der Waals surface area contributed by atoms with Gasteiger partial charge in [-0.15, -0.1) is 0 Å². The van der Waals surface area contributed by atoms with Gasteiger partial charge < -0.3 is 25.0 Å². The van der Waals surface area contributed by atoms with Gasteiger partial charge in [0.25, 0.3) is 5.91 Å². The molecule has 2 atom stereocenters. The number of anilines is 2. The lowest BCUT2D eigenvalue weighted by Gasteiger charge is -2.58. The van der Waals surface area contributed by atoms with E-state index in [0.717, 1.165) is 69.9 Å². The van der Waals surface area contributed by atoms with Gasteiger partial charge in [0.05, 0.1) is 12.7 Å². The van der Waals surface area contributed by atoms with Crippen molar-refractivity contribution >= 4 is 17.4 Å². The normalized spacial score (nSPS) is 32.1. The van der Waals surface area contributed by atoms with Gasteiger partial charge in [-0.05, 0) is 86.3 Å². The molecule has 2 aromatic rings. The molecule has 0 radical (unpaired) electrons. The Labute approximate surface area is 201 Å². The van der Waals surface area contributed by atoms with Gasteiger partial charge in [0, 0.05) is 37.9 Å². The minimum Gasteiger partial charge on any atom is -0.497 e. The van der Waals surface area contributed by atoms with Crippen molar-refractivity contribution < 1.29 is 14.6 Å². The third-order valence-corrected chi connectivity index (χ3v) is 8.55. The summed E-state index contributed by atoms with van der Waals surface area (Å²) in [5, 5.41) is 14.1. The highest BCUT2D eigenvalue weighted by molar-refractivity contribution is 5.93. The summed E-state index contributed by atoms with van der Waals surface area (Å²) in [5.74, 6) is 3.08. The molecule has 2 heterocycles. The highest BCUT2D eigenvalue weighted by Crippen LogP contribution is 2.55. The third-order valence-electron chi connectivity index (χ3n) is 8.55. The van der Waals surface area contributed by atoms with E-state index >= 15 is 0 Å². The van der Waals surface area contributed by atoms with Crippen LogP contribution in [0.4, 0.5) is 11.5 Å². The van der Waals surface area contributed by atoms with E-state index in [2.05, 4.69) is 27.2 Å². The molecule has 2 unspecified atom stereocenters. The summed E-state index contributed by atoms with van der Waals surface area (Å²) in [4.78, 5) is 22.5. The van der Waals surface area contributed by atoms with Crippen molar-refractivity contribution in [2.75, 3.05) is 43.1 Å². The average molecular weight is 463 g/mol. The van der Waals surface area contributed by atoms with Gasteiger partial charge in [-0.3, -0.25) is 4.79 Å². The van der Waals surface area contributed by atoms with Crippen molar-refractivity contribution in [1.29, 1.82) is 0 Å². The average Bonchev–Trinajstić information content (AvgIpc) is 2.85. The largest absolute Gasteiger partial charge is 0.497 e. The second-order valence-corrected chi connectivity index (χ2v) is 10.7. The molecule has 1 saturated heterocycles. The molecule has 1 amide bonds. The van der Waals surface area contributed by atoms with Crippen molar-refractivity contribution in [3.05, 3.63) is 48.2 Å². The fourth-order valence-corrected chi connectivity index (χ4v) is 7.16. The number of methoxy groups -OCH3 is 1. The summed E-state index contributed by atoms with van der Waals surface area (Å²) < 4.78 is 5.26. The van der Waals surface area contributed by atoms with Crippen LogP contribution in [-0.4, -0.2) is 60.9 Å². The maximum absolute atomic E-state index is 13.2. The number of aliphatic hydroxyl groups is 1. The Hall–Kier alpha value is -2.80. The second-order valence-electron chi connectivity index (χ2n) is 10.7. The van der Waals surface area contributed by atoms with Crippen LogP contribution >= 0.6 is 0 Å². The van der Waals surface area contributed by atoms with Crippen LogP contribution in [0.3, 0.4) is 0 Å². The summed E-state index contributed by atoms with van der Waals surface area (Å²) in [6, 6.07) is 14.1. The third kappa shape index (κ3) is 4.00. The van der Waals surface area contributed by atoms with E-state index in [1.54, 1.807) is 7.11 Å². The molecule has 4 bridgehead atoms. The number of aromatic nitrogens is 1. The van der Waals surface area contributed by atoms with E-state index in [0.29, 0.717) is 23.4 Å². The predicted molar refractivity (Wildman–Crippen MR) is 131 cm³/mol. The van der Waals surface area contributed by atoms with Gasteiger partial charge in [0.1, 0.15) is 17.3 Å². The zero-order chi connectivity index (χ0) is 23.3. The minimum absolute atomic E-state index is 0.0804. The number of piperazine rings is 1. The number of benzene rings is 1. The SMILES string of the molecule is COc1ccc(N2CCN(c3cccc(C(=O)NC4C5CC6CC4CC(O)(C6)C5)n3)CC2)cc1. The second kappa shape index (κ2) is 8.45. The number of pyridine rings is 1. The zero-order valence-electron chi connectivity index (χ0n) is 19.8. The molecule has 2 N–H and O–H groups in total. The summed E-state index contributed by atoms with van der Waals surface area (Å²) in [6.07, 6.45) is 4.88. The maximum atomic E-state index is 13.2. The molecule has 1 aromatic heterocycles. The van der Waals surface area contributed by atoms with Crippen LogP contribution in [0.15, 0.2) is 42.5 Å². The molecule has 7 nitrogen and oxygen atoms in total. The molecule has 180 valence electrons. The molecule has 4 aliphatic carbocycles. The number of rotatable bonds is 5. The van der Waals surface area contributed by atoms with Gasteiger partial charge in [-0.25, -0.2) is 4.98 Å². The number of nitrogens with zero attached hydrogens (tertiary/aromatic N) is 3. The fraction of sp³-hybridized carbons (Fsp3) is 0.556. The van der Waals surface area contributed by atoms with Crippen LogP contribution in [0.1, 0.15) is 42.6 Å². The van der Waals surface area contributed by atoms with E-state index in [9.17, 15) is 9.90 Å². The summed E-state index contributed by atoms with van der Waals surface area (Å²) in [6.45, 7) is 3.52. The molecule has 5 fully saturated rings. The van der Waals surface area contributed by atoms with Crippen LogP contribution in [-0.2, 0) is 0 Å². The summed E-state index contributed by atoms with van der Waals surface area (Å²) >= 11 is 0. The number of nitrogens with one attached hydrogen (secondary N) is 1. The minimum atomic E-state index is -0.482. The van der Waals surface area contributed by atoms with Gasteiger partial charge in [-0.1, -0.05) is 6.07 Å². The van der Waals surface area contributed by atoms with Crippen molar-refractivity contribution in [1.82, 2.24) is 10.3 Å². The first-order chi connectivity index (χ1) is 16.5. The van der Waals surface area contributed by atoms with Gasteiger partial charge in [0.15, 0.2) is 0 Å². The quantitative estimate of drug-likeness (QED) is 0.711. The molecule has 34 heavy (non-hydrogen) atoms. The summed E-state index contributed by atoms with van der Waals surface area (Å²) in [7, 11) is 1.68.